The Hall–Kier alpha value is -0.270. The molecular formula is C12H13Cl2F. The van der Waals surface area contributed by atoms with E-state index in [-0.39, 0.29) is 16.6 Å². The molecule has 0 amide bonds. The lowest BCUT2D eigenvalue weighted by atomic mass is 9.86. The Bertz CT molecular complexity index is 424. The van der Waals surface area contributed by atoms with Gasteiger partial charge in [-0.3, -0.25) is 0 Å². The highest BCUT2D eigenvalue weighted by molar-refractivity contribution is 6.32. The van der Waals surface area contributed by atoms with Crippen molar-refractivity contribution in [3.05, 3.63) is 33.6 Å². The van der Waals surface area contributed by atoms with Gasteiger partial charge in [-0.1, -0.05) is 25.4 Å². The van der Waals surface area contributed by atoms with E-state index >= 15 is 0 Å². The molecule has 2 rings (SSSR count). The zero-order valence-corrected chi connectivity index (χ0v) is 10.5. The fourth-order valence-electron chi connectivity index (χ4n) is 2.47. The van der Waals surface area contributed by atoms with E-state index < -0.39 is 0 Å². The summed E-state index contributed by atoms with van der Waals surface area (Å²) in [6.07, 6.45) is 0.813. The van der Waals surface area contributed by atoms with Crippen molar-refractivity contribution in [3.8, 4) is 0 Å². The van der Waals surface area contributed by atoms with E-state index in [1.807, 2.05) is 0 Å². The number of hydrogen-bond acceptors (Lipinski definition) is 0. The van der Waals surface area contributed by atoms with E-state index in [2.05, 4.69) is 13.8 Å². The van der Waals surface area contributed by atoms with Gasteiger partial charge >= 0.3 is 0 Å². The molecule has 3 heteroatoms. The Morgan fingerprint density at radius 2 is 2.07 bits per heavy atom. The molecule has 0 heterocycles. The molecule has 1 aromatic rings. The normalized spacial score (nSPS) is 22.9. The van der Waals surface area contributed by atoms with Crippen LogP contribution in [0.25, 0.3) is 0 Å². The van der Waals surface area contributed by atoms with Gasteiger partial charge in [0, 0.05) is 5.02 Å². The second-order valence-corrected chi connectivity index (χ2v) is 5.74. The van der Waals surface area contributed by atoms with E-state index in [9.17, 15) is 4.39 Å². The summed E-state index contributed by atoms with van der Waals surface area (Å²) in [6, 6.07) is 1.40. The van der Waals surface area contributed by atoms with E-state index in [0.29, 0.717) is 10.6 Å². The standard InChI is InChI=1S/C12H13Cl2F/c1-6-9(15)4-7(13)11-10(6)8(14)5-12(11,2)3/h4,8H,5H2,1-3H3. The Labute approximate surface area is 99.4 Å². The van der Waals surface area contributed by atoms with Crippen molar-refractivity contribution in [1.82, 2.24) is 0 Å². The largest absolute Gasteiger partial charge is 0.207 e. The van der Waals surface area contributed by atoms with E-state index in [1.165, 1.54) is 6.07 Å². The lowest BCUT2D eigenvalue weighted by Gasteiger charge is -2.20. The molecule has 0 fully saturated rings. The lowest BCUT2D eigenvalue weighted by Crippen LogP contribution is -2.13. The van der Waals surface area contributed by atoms with Crippen molar-refractivity contribution < 1.29 is 4.39 Å². The van der Waals surface area contributed by atoms with Gasteiger partial charge in [0.25, 0.3) is 0 Å². The van der Waals surface area contributed by atoms with Crippen LogP contribution in [0.5, 0.6) is 0 Å². The van der Waals surface area contributed by atoms with Gasteiger partial charge < -0.3 is 0 Å². The van der Waals surface area contributed by atoms with Crippen LogP contribution in [-0.2, 0) is 5.41 Å². The first kappa shape index (κ1) is 11.2. The zero-order chi connectivity index (χ0) is 11.4. The van der Waals surface area contributed by atoms with Crippen LogP contribution in [0.4, 0.5) is 4.39 Å². The predicted octanol–water partition coefficient (Wildman–Crippen LogP) is 4.75. The summed E-state index contributed by atoms with van der Waals surface area (Å²) in [5.41, 5.74) is 2.49. The minimum Gasteiger partial charge on any atom is -0.207 e. The molecule has 15 heavy (non-hydrogen) atoms. The number of benzene rings is 1. The fourth-order valence-corrected chi connectivity index (χ4v) is 3.58. The second-order valence-electron chi connectivity index (χ2n) is 4.81. The third-order valence-electron chi connectivity index (χ3n) is 3.20. The highest BCUT2D eigenvalue weighted by Crippen LogP contribution is 2.51. The van der Waals surface area contributed by atoms with Crippen molar-refractivity contribution in [2.45, 2.75) is 38.0 Å². The van der Waals surface area contributed by atoms with Gasteiger partial charge in [0.05, 0.1) is 5.38 Å². The summed E-state index contributed by atoms with van der Waals surface area (Å²) in [5, 5.41) is 0.379. The molecule has 0 aliphatic heterocycles. The monoisotopic (exact) mass is 246 g/mol. The molecule has 0 aromatic heterocycles. The quantitative estimate of drug-likeness (QED) is 0.580. The maximum absolute atomic E-state index is 13.5. The molecule has 0 bridgehead atoms. The van der Waals surface area contributed by atoms with E-state index in [0.717, 1.165) is 17.5 Å². The van der Waals surface area contributed by atoms with Crippen LogP contribution < -0.4 is 0 Å². The molecule has 1 aliphatic rings. The van der Waals surface area contributed by atoms with E-state index in [4.69, 9.17) is 23.2 Å². The minimum atomic E-state index is -0.262. The van der Waals surface area contributed by atoms with Crippen LogP contribution in [-0.4, -0.2) is 0 Å². The first-order valence-electron chi connectivity index (χ1n) is 4.97. The molecular weight excluding hydrogens is 234 g/mol. The van der Waals surface area contributed by atoms with E-state index in [1.54, 1.807) is 6.92 Å². The van der Waals surface area contributed by atoms with Crippen molar-refractivity contribution in [1.29, 1.82) is 0 Å². The van der Waals surface area contributed by atoms with Crippen LogP contribution in [0.15, 0.2) is 6.07 Å². The van der Waals surface area contributed by atoms with Gasteiger partial charge in [-0.15, -0.1) is 11.6 Å². The number of halogens is 3. The molecule has 0 spiro atoms. The summed E-state index contributed by atoms with van der Waals surface area (Å²) in [7, 11) is 0. The Kier molecular flexibility index (Phi) is 2.51. The van der Waals surface area contributed by atoms with Gasteiger partial charge in [0.15, 0.2) is 0 Å². The third kappa shape index (κ3) is 1.57. The van der Waals surface area contributed by atoms with Crippen molar-refractivity contribution in [2.75, 3.05) is 0 Å². The first-order chi connectivity index (χ1) is 6.84. The fraction of sp³-hybridized carbons (Fsp3) is 0.500. The van der Waals surface area contributed by atoms with Crippen molar-refractivity contribution >= 4 is 23.2 Å². The topological polar surface area (TPSA) is 0 Å². The zero-order valence-electron chi connectivity index (χ0n) is 9.00. The van der Waals surface area contributed by atoms with Crippen LogP contribution >= 0.6 is 23.2 Å². The predicted molar refractivity (Wildman–Crippen MR) is 62.4 cm³/mol. The molecule has 0 radical (unpaired) electrons. The molecule has 0 N–H and O–H groups in total. The lowest BCUT2D eigenvalue weighted by molar-refractivity contribution is 0.516. The number of alkyl halides is 1. The van der Waals surface area contributed by atoms with Crippen molar-refractivity contribution in [3.63, 3.8) is 0 Å². The molecule has 0 saturated heterocycles. The SMILES string of the molecule is Cc1c(F)cc(Cl)c2c1C(Cl)CC2(C)C. The summed E-state index contributed by atoms with van der Waals surface area (Å²) >= 11 is 12.3. The smallest absolute Gasteiger partial charge is 0.127 e. The Balaban J connectivity index is 2.78. The molecule has 82 valence electrons. The highest BCUT2D eigenvalue weighted by Gasteiger charge is 2.39. The number of rotatable bonds is 0. The van der Waals surface area contributed by atoms with Crippen LogP contribution in [0.1, 0.15) is 42.3 Å². The van der Waals surface area contributed by atoms with Gasteiger partial charge in [-0.25, -0.2) is 4.39 Å². The number of hydrogen-bond donors (Lipinski definition) is 0. The highest BCUT2D eigenvalue weighted by atomic mass is 35.5. The molecule has 1 aliphatic carbocycles. The van der Waals surface area contributed by atoms with Gasteiger partial charge in [-0.2, -0.15) is 0 Å². The second kappa shape index (κ2) is 3.36. The molecule has 1 aromatic carbocycles. The summed E-state index contributed by atoms with van der Waals surface area (Å²) in [4.78, 5) is 0. The minimum absolute atomic E-state index is 0.0582. The summed E-state index contributed by atoms with van der Waals surface area (Å²) < 4.78 is 13.5. The Morgan fingerprint density at radius 1 is 1.47 bits per heavy atom. The summed E-state index contributed by atoms with van der Waals surface area (Å²) in [6.45, 7) is 5.95. The average Bonchev–Trinajstić information content (AvgIpc) is 2.32. The third-order valence-corrected chi connectivity index (χ3v) is 3.87. The maximum atomic E-state index is 13.5. The number of fused-ring (bicyclic) bond motifs is 1. The summed E-state index contributed by atoms with van der Waals surface area (Å²) in [5.74, 6) is -0.262. The first-order valence-corrected chi connectivity index (χ1v) is 5.79. The average molecular weight is 247 g/mol. The molecule has 1 atom stereocenters. The van der Waals surface area contributed by atoms with Crippen molar-refractivity contribution in [2.24, 2.45) is 0 Å². The van der Waals surface area contributed by atoms with Crippen LogP contribution in [0.2, 0.25) is 5.02 Å². The van der Waals surface area contributed by atoms with Gasteiger partial charge in [0.1, 0.15) is 5.82 Å². The molecule has 0 nitrogen and oxygen atoms in total. The van der Waals surface area contributed by atoms with Crippen LogP contribution in [0.3, 0.4) is 0 Å². The molecule has 0 saturated carbocycles. The Morgan fingerprint density at radius 3 is 2.67 bits per heavy atom. The van der Waals surface area contributed by atoms with Crippen LogP contribution in [0, 0.1) is 12.7 Å². The maximum Gasteiger partial charge on any atom is 0.127 e. The van der Waals surface area contributed by atoms with Gasteiger partial charge in [0.2, 0.25) is 0 Å². The van der Waals surface area contributed by atoms with Gasteiger partial charge in [-0.05, 0) is 41.5 Å². The molecule has 1 unspecified atom stereocenters.